The number of benzene rings is 2. The molecule has 1 N–H and O–H groups in total. The van der Waals surface area contributed by atoms with Crippen molar-refractivity contribution in [1.29, 1.82) is 0 Å². The predicted octanol–water partition coefficient (Wildman–Crippen LogP) is 4.51. The molecule has 2 aromatic rings. The molecule has 0 aliphatic carbocycles. The van der Waals surface area contributed by atoms with E-state index >= 15 is 0 Å². The van der Waals surface area contributed by atoms with Crippen LogP contribution in [0.25, 0.3) is 0 Å². The molecule has 2 amide bonds. The number of carbonyl (C=O) groups is 2. The van der Waals surface area contributed by atoms with E-state index in [1.165, 1.54) is 23.7 Å². The minimum absolute atomic E-state index is 0.0333. The number of hydrogen-bond acceptors (Lipinski definition) is 6. The van der Waals surface area contributed by atoms with Gasteiger partial charge >= 0.3 is 5.24 Å². The summed E-state index contributed by atoms with van der Waals surface area (Å²) < 4.78 is 10.7. The van der Waals surface area contributed by atoms with Gasteiger partial charge in [0.15, 0.2) is 11.5 Å². The van der Waals surface area contributed by atoms with Crippen LogP contribution in [-0.4, -0.2) is 41.3 Å². The second kappa shape index (κ2) is 9.67. The molecule has 0 bridgehead atoms. The van der Waals surface area contributed by atoms with Crippen LogP contribution in [0.4, 0.5) is 10.5 Å². The predicted molar refractivity (Wildman–Crippen MR) is 119 cm³/mol. The molecular weight excluding hydrogens is 402 g/mol. The number of nitrogens with zero attached hydrogens (tertiary/aromatic N) is 2. The summed E-state index contributed by atoms with van der Waals surface area (Å²) in [4.78, 5) is 23.8. The van der Waals surface area contributed by atoms with Crippen molar-refractivity contribution in [2.75, 3.05) is 19.5 Å². The maximum absolute atomic E-state index is 12.7. The Hall–Kier alpha value is -3.00. The average Bonchev–Trinajstić information content (AvgIpc) is 2.75. The molecule has 0 spiro atoms. The van der Waals surface area contributed by atoms with Crippen LogP contribution in [-0.2, 0) is 11.3 Å². The molecule has 3 rings (SSSR count). The highest BCUT2D eigenvalue weighted by atomic mass is 32.2. The third-order valence-corrected chi connectivity index (χ3v) is 5.90. The van der Waals surface area contributed by atoms with Crippen molar-refractivity contribution in [2.24, 2.45) is 5.10 Å². The van der Waals surface area contributed by atoms with Crippen LogP contribution in [0.2, 0.25) is 0 Å². The Labute approximate surface area is 180 Å². The minimum atomic E-state index is -0.125. The van der Waals surface area contributed by atoms with E-state index in [4.69, 9.17) is 14.6 Å². The number of ether oxygens (including phenoxy) is 2. The molecule has 1 atom stereocenters. The summed E-state index contributed by atoms with van der Waals surface area (Å²) in [5, 5.41) is 8.79. The summed E-state index contributed by atoms with van der Waals surface area (Å²) in [7, 11) is 3.19. The molecule has 1 unspecified atom stereocenters. The number of hydrogen-bond donors (Lipinski definition) is 1. The number of carbonyl (C=O) groups excluding carboxylic acids is 2. The minimum Gasteiger partial charge on any atom is -0.493 e. The zero-order chi connectivity index (χ0) is 21.7. The molecule has 8 heteroatoms. The van der Waals surface area contributed by atoms with E-state index in [0.717, 1.165) is 23.3 Å². The van der Waals surface area contributed by atoms with Gasteiger partial charge in [-0.15, -0.1) is 0 Å². The van der Waals surface area contributed by atoms with E-state index in [1.54, 1.807) is 14.2 Å². The molecule has 0 saturated heterocycles. The Balaban J connectivity index is 1.88. The van der Waals surface area contributed by atoms with Crippen LogP contribution >= 0.6 is 11.8 Å². The number of rotatable bonds is 7. The van der Waals surface area contributed by atoms with Gasteiger partial charge in [0.1, 0.15) is 0 Å². The highest BCUT2D eigenvalue weighted by Crippen LogP contribution is 2.33. The van der Waals surface area contributed by atoms with Crippen molar-refractivity contribution < 1.29 is 19.1 Å². The van der Waals surface area contributed by atoms with Gasteiger partial charge in [-0.2, -0.15) is 5.10 Å². The maximum atomic E-state index is 12.7. The fourth-order valence-corrected chi connectivity index (χ4v) is 4.09. The van der Waals surface area contributed by atoms with E-state index in [2.05, 4.69) is 5.32 Å². The van der Waals surface area contributed by atoms with E-state index in [1.807, 2.05) is 49.4 Å². The quantitative estimate of drug-likeness (QED) is 0.703. The molecule has 0 aromatic heterocycles. The SMILES string of the molecule is CCC1SC(=O)N(Cc2ccc(NC(C)=O)cc2)N=C1c1ccc(OC)c(OC)c1. The average molecular weight is 428 g/mol. The van der Waals surface area contributed by atoms with Crippen LogP contribution in [0.1, 0.15) is 31.4 Å². The van der Waals surface area contributed by atoms with Crippen molar-refractivity contribution in [1.82, 2.24) is 5.01 Å². The molecule has 158 valence electrons. The number of nitrogens with one attached hydrogen (secondary N) is 1. The van der Waals surface area contributed by atoms with Gasteiger partial charge in [-0.25, -0.2) is 5.01 Å². The Bertz CT molecular complexity index is 959. The molecule has 1 aliphatic rings. The van der Waals surface area contributed by atoms with Crippen molar-refractivity contribution in [3.63, 3.8) is 0 Å². The Morgan fingerprint density at radius 1 is 1.13 bits per heavy atom. The number of hydrazone groups is 1. The normalized spacial score (nSPS) is 16.1. The number of amides is 2. The number of methoxy groups -OCH3 is 2. The molecule has 2 aromatic carbocycles. The number of anilines is 1. The van der Waals surface area contributed by atoms with Gasteiger partial charge in [0.05, 0.1) is 31.7 Å². The largest absolute Gasteiger partial charge is 0.493 e. The second-order valence-corrected chi connectivity index (χ2v) is 7.93. The van der Waals surface area contributed by atoms with Crippen molar-refractivity contribution in [3.05, 3.63) is 53.6 Å². The first-order valence-corrected chi connectivity index (χ1v) is 10.5. The summed E-state index contributed by atoms with van der Waals surface area (Å²) in [6.45, 7) is 3.85. The number of thioether (sulfide) groups is 1. The van der Waals surface area contributed by atoms with E-state index in [-0.39, 0.29) is 16.4 Å². The lowest BCUT2D eigenvalue weighted by atomic mass is 10.0. The fourth-order valence-electron chi connectivity index (χ4n) is 3.16. The summed E-state index contributed by atoms with van der Waals surface area (Å²) in [5.41, 5.74) is 3.36. The molecular formula is C22H25N3O4S. The maximum Gasteiger partial charge on any atom is 0.302 e. The van der Waals surface area contributed by atoms with E-state index in [9.17, 15) is 9.59 Å². The standard InChI is InChI=1S/C22H25N3O4S/c1-5-20-21(16-8-11-18(28-3)19(12-16)29-4)24-25(22(27)30-20)13-15-6-9-17(10-7-15)23-14(2)26/h6-12,20H,5,13H2,1-4H3,(H,23,26). The Morgan fingerprint density at radius 3 is 2.43 bits per heavy atom. The molecule has 0 saturated carbocycles. The van der Waals surface area contributed by atoms with Crippen LogP contribution in [0.3, 0.4) is 0 Å². The smallest absolute Gasteiger partial charge is 0.302 e. The lowest BCUT2D eigenvalue weighted by molar-refractivity contribution is -0.114. The molecule has 0 radical (unpaired) electrons. The van der Waals surface area contributed by atoms with Crippen LogP contribution in [0, 0.1) is 0 Å². The van der Waals surface area contributed by atoms with Crippen LogP contribution in [0.15, 0.2) is 47.6 Å². The molecule has 1 heterocycles. The van der Waals surface area contributed by atoms with Crippen molar-refractivity contribution in [2.45, 2.75) is 32.1 Å². The summed E-state index contributed by atoms with van der Waals surface area (Å²) >= 11 is 1.28. The van der Waals surface area contributed by atoms with E-state index in [0.29, 0.717) is 23.7 Å². The highest BCUT2D eigenvalue weighted by molar-refractivity contribution is 8.14. The lowest BCUT2D eigenvalue weighted by Gasteiger charge is -2.28. The fraction of sp³-hybridized carbons (Fsp3) is 0.318. The molecule has 0 fully saturated rings. The van der Waals surface area contributed by atoms with Crippen LogP contribution in [0.5, 0.6) is 11.5 Å². The Kier molecular flexibility index (Phi) is 6.99. The van der Waals surface area contributed by atoms with Gasteiger partial charge in [-0.1, -0.05) is 30.8 Å². The highest BCUT2D eigenvalue weighted by Gasteiger charge is 2.30. The zero-order valence-electron chi connectivity index (χ0n) is 17.5. The molecule has 7 nitrogen and oxygen atoms in total. The first-order valence-electron chi connectivity index (χ1n) is 9.60. The first kappa shape index (κ1) is 21.7. The summed E-state index contributed by atoms with van der Waals surface area (Å²) in [6, 6.07) is 13.0. The van der Waals surface area contributed by atoms with Gasteiger partial charge in [-0.3, -0.25) is 9.59 Å². The van der Waals surface area contributed by atoms with Gasteiger partial charge in [0.2, 0.25) is 5.91 Å². The van der Waals surface area contributed by atoms with Gasteiger partial charge in [0.25, 0.3) is 0 Å². The second-order valence-electron chi connectivity index (χ2n) is 6.77. The van der Waals surface area contributed by atoms with Gasteiger partial charge in [-0.05, 0) is 42.3 Å². The molecule has 30 heavy (non-hydrogen) atoms. The van der Waals surface area contributed by atoms with Crippen LogP contribution < -0.4 is 14.8 Å². The monoisotopic (exact) mass is 427 g/mol. The van der Waals surface area contributed by atoms with Crippen molar-refractivity contribution in [3.8, 4) is 11.5 Å². The van der Waals surface area contributed by atoms with Gasteiger partial charge < -0.3 is 14.8 Å². The van der Waals surface area contributed by atoms with Gasteiger partial charge in [0, 0.05) is 18.2 Å². The van der Waals surface area contributed by atoms with Crippen molar-refractivity contribution >= 4 is 34.3 Å². The summed E-state index contributed by atoms with van der Waals surface area (Å²) in [5.74, 6) is 1.14. The Morgan fingerprint density at radius 2 is 1.83 bits per heavy atom. The zero-order valence-corrected chi connectivity index (χ0v) is 18.3. The third-order valence-electron chi connectivity index (χ3n) is 4.64. The first-order chi connectivity index (χ1) is 14.4. The summed E-state index contributed by atoms with van der Waals surface area (Å²) in [6.07, 6.45) is 0.781. The molecule has 1 aliphatic heterocycles. The topological polar surface area (TPSA) is 80.2 Å². The van der Waals surface area contributed by atoms with E-state index < -0.39 is 0 Å². The lowest BCUT2D eigenvalue weighted by Crippen LogP contribution is -2.34. The third kappa shape index (κ3) is 4.94.